The minimum Gasteiger partial charge on any atom is -0.496 e. The van der Waals surface area contributed by atoms with Gasteiger partial charge in [-0.25, -0.2) is 14.8 Å². The smallest absolute Gasteiger partial charge is 0.341 e. The van der Waals surface area contributed by atoms with Gasteiger partial charge in [0.1, 0.15) is 22.5 Å². The lowest BCUT2D eigenvalue weighted by atomic mass is 10.1. The maximum atomic E-state index is 12.7. The quantitative estimate of drug-likeness (QED) is 0.686. The van der Waals surface area contributed by atoms with Crippen molar-refractivity contribution in [2.45, 2.75) is 6.10 Å². The summed E-state index contributed by atoms with van der Waals surface area (Å²) in [5.41, 5.74) is -0.800. The molecule has 3 aromatic rings. The van der Waals surface area contributed by atoms with E-state index in [1.165, 1.54) is 29.2 Å². The second kappa shape index (κ2) is 6.07. The van der Waals surface area contributed by atoms with Gasteiger partial charge in [-0.1, -0.05) is 0 Å². The van der Waals surface area contributed by atoms with Crippen molar-refractivity contribution in [2.75, 3.05) is 25.1 Å². The Hall–Kier alpha value is -2.98. The minimum atomic E-state index is -1.33. The number of thiazole rings is 1. The third-order valence-electron chi connectivity index (χ3n) is 4.17. The lowest BCUT2D eigenvalue weighted by Gasteiger charge is -2.37. The maximum Gasteiger partial charge on any atom is 0.341 e. The molecule has 1 aliphatic rings. The molecule has 0 saturated carbocycles. The number of fused-ring (bicyclic) bond motifs is 1. The normalized spacial score (nSPS) is 14.5. The lowest BCUT2D eigenvalue weighted by molar-refractivity contribution is 0.0695. The van der Waals surface area contributed by atoms with Crippen molar-refractivity contribution in [1.29, 1.82) is 0 Å². The molecule has 26 heavy (non-hydrogen) atoms. The second-order valence-corrected chi connectivity index (χ2v) is 6.67. The Morgan fingerprint density at radius 2 is 2.19 bits per heavy atom. The van der Waals surface area contributed by atoms with Gasteiger partial charge >= 0.3 is 5.97 Å². The first-order chi connectivity index (χ1) is 12.5. The largest absolute Gasteiger partial charge is 0.496 e. The highest BCUT2D eigenvalue weighted by Crippen LogP contribution is 2.30. The Labute approximate surface area is 150 Å². The van der Waals surface area contributed by atoms with E-state index in [-0.39, 0.29) is 22.3 Å². The van der Waals surface area contributed by atoms with Crippen LogP contribution in [-0.4, -0.2) is 57.0 Å². The highest BCUT2D eigenvalue weighted by Gasteiger charge is 2.28. The van der Waals surface area contributed by atoms with Crippen LogP contribution < -0.4 is 15.1 Å². The molecule has 1 saturated heterocycles. The number of aliphatic hydroxyl groups is 1. The molecule has 0 atom stereocenters. The molecule has 4 rings (SSSR count). The number of aromatic carboxylic acids is 1. The van der Waals surface area contributed by atoms with Gasteiger partial charge in [-0.05, 0) is 0 Å². The fourth-order valence-electron chi connectivity index (χ4n) is 2.87. The number of carboxylic acid groups (broad SMARTS) is 1. The van der Waals surface area contributed by atoms with E-state index >= 15 is 0 Å². The van der Waals surface area contributed by atoms with Gasteiger partial charge in [0.2, 0.25) is 5.43 Å². The molecular weight excluding hydrogens is 360 g/mol. The van der Waals surface area contributed by atoms with E-state index in [9.17, 15) is 19.8 Å². The fraction of sp³-hybridized carbons (Fsp3) is 0.250. The predicted octanol–water partition coefficient (Wildman–Crippen LogP) is 0.730. The molecule has 0 aliphatic carbocycles. The van der Waals surface area contributed by atoms with E-state index in [4.69, 9.17) is 4.74 Å². The van der Waals surface area contributed by atoms with E-state index in [0.717, 1.165) is 0 Å². The molecule has 0 bridgehead atoms. The average Bonchev–Trinajstić information content (AvgIpc) is 3.12. The molecule has 1 aliphatic heterocycles. The summed E-state index contributed by atoms with van der Waals surface area (Å²) in [4.78, 5) is 34.8. The third-order valence-corrected chi connectivity index (χ3v) is 4.94. The summed E-state index contributed by atoms with van der Waals surface area (Å²) in [7, 11) is 1.41. The van der Waals surface area contributed by atoms with Gasteiger partial charge in [-0.15, -0.1) is 11.3 Å². The average molecular weight is 374 g/mol. The lowest BCUT2D eigenvalue weighted by Crippen LogP contribution is -2.51. The van der Waals surface area contributed by atoms with Crippen LogP contribution in [0.2, 0.25) is 0 Å². The van der Waals surface area contributed by atoms with Gasteiger partial charge in [0.15, 0.2) is 10.8 Å². The van der Waals surface area contributed by atoms with Crippen molar-refractivity contribution >= 4 is 34.2 Å². The Balaban J connectivity index is 2.06. The van der Waals surface area contributed by atoms with Crippen molar-refractivity contribution in [3.63, 3.8) is 0 Å². The summed E-state index contributed by atoms with van der Waals surface area (Å²) >= 11 is 1.29. The molecule has 1 fully saturated rings. The number of rotatable bonds is 4. The highest BCUT2D eigenvalue weighted by atomic mass is 32.1. The third kappa shape index (κ3) is 2.50. The van der Waals surface area contributed by atoms with E-state index in [0.29, 0.717) is 24.0 Å². The van der Waals surface area contributed by atoms with Gasteiger partial charge in [0, 0.05) is 36.9 Å². The summed E-state index contributed by atoms with van der Waals surface area (Å²) in [6.07, 6.45) is 2.39. The van der Waals surface area contributed by atoms with Crippen LogP contribution in [0.25, 0.3) is 16.2 Å². The fourth-order valence-corrected chi connectivity index (χ4v) is 3.48. The molecule has 0 radical (unpaired) electrons. The van der Waals surface area contributed by atoms with Crippen LogP contribution >= 0.6 is 11.3 Å². The molecule has 134 valence electrons. The number of methoxy groups -OCH3 is 1. The molecule has 9 nitrogen and oxygen atoms in total. The predicted molar refractivity (Wildman–Crippen MR) is 94.7 cm³/mol. The van der Waals surface area contributed by atoms with Crippen molar-refractivity contribution < 1.29 is 19.7 Å². The number of pyridine rings is 2. The van der Waals surface area contributed by atoms with Crippen LogP contribution in [0.15, 0.2) is 28.6 Å². The van der Waals surface area contributed by atoms with Crippen LogP contribution in [0.4, 0.5) is 5.82 Å². The molecule has 2 N–H and O–H groups in total. The Morgan fingerprint density at radius 1 is 1.42 bits per heavy atom. The Kier molecular flexibility index (Phi) is 3.85. The van der Waals surface area contributed by atoms with Crippen LogP contribution in [0.1, 0.15) is 10.4 Å². The number of ether oxygens (including phenoxy) is 1. The zero-order valence-electron chi connectivity index (χ0n) is 13.6. The number of aliphatic hydroxyl groups excluding tert-OH is 1. The van der Waals surface area contributed by atoms with Crippen molar-refractivity contribution in [1.82, 2.24) is 14.5 Å². The Morgan fingerprint density at radius 3 is 2.77 bits per heavy atom. The van der Waals surface area contributed by atoms with Gasteiger partial charge < -0.3 is 19.8 Å². The summed E-state index contributed by atoms with van der Waals surface area (Å²) in [5.74, 6) is -0.573. The number of anilines is 1. The molecule has 4 heterocycles. The zero-order chi connectivity index (χ0) is 18.4. The standard InChI is InChI=1S/C16H14N4O5S/c1-25-10-4-11(19-5-8(21)6-19)18-14-12(10)13(22)9(15(23)24)7-20(14)16-17-2-3-26-16/h2-4,7-8,21H,5-6H2,1H3,(H,23,24). The van der Waals surface area contributed by atoms with E-state index in [2.05, 4.69) is 9.97 Å². The van der Waals surface area contributed by atoms with Crippen molar-refractivity contribution in [3.8, 4) is 10.9 Å². The molecule has 0 unspecified atom stereocenters. The second-order valence-electron chi connectivity index (χ2n) is 5.80. The number of nitrogens with zero attached hydrogens (tertiary/aromatic N) is 4. The molecule has 0 spiro atoms. The van der Waals surface area contributed by atoms with Gasteiger partial charge in [-0.3, -0.25) is 9.36 Å². The van der Waals surface area contributed by atoms with E-state index in [1.807, 2.05) is 4.90 Å². The number of aromatic nitrogens is 3. The molecular formula is C16H14N4O5S. The molecule has 10 heteroatoms. The highest BCUT2D eigenvalue weighted by molar-refractivity contribution is 7.12. The Bertz CT molecular complexity index is 1060. The maximum absolute atomic E-state index is 12.7. The van der Waals surface area contributed by atoms with Crippen molar-refractivity contribution in [3.05, 3.63) is 39.6 Å². The van der Waals surface area contributed by atoms with E-state index < -0.39 is 17.5 Å². The van der Waals surface area contributed by atoms with Crippen molar-refractivity contribution in [2.24, 2.45) is 0 Å². The summed E-state index contributed by atoms with van der Waals surface area (Å²) in [6, 6.07) is 1.58. The van der Waals surface area contributed by atoms with Gasteiger partial charge in [0.25, 0.3) is 0 Å². The molecule has 0 aromatic carbocycles. The van der Waals surface area contributed by atoms with E-state index in [1.54, 1.807) is 17.6 Å². The minimum absolute atomic E-state index is 0.0763. The molecule has 0 amide bonds. The number of carbonyl (C=O) groups is 1. The zero-order valence-corrected chi connectivity index (χ0v) is 14.4. The number of hydrogen-bond acceptors (Lipinski definition) is 8. The number of carboxylic acids is 1. The number of hydrogen-bond donors (Lipinski definition) is 2. The number of β-amino-alcohol motifs (C(OH)–C–C–N with tert-alkyl or cyclic N) is 1. The first-order valence-electron chi connectivity index (χ1n) is 7.70. The summed E-state index contributed by atoms with van der Waals surface area (Å²) in [6.45, 7) is 0.854. The summed E-state index contributed by atoms with van der Waals surface area (Å²) in [5, 5.41) is 21.2. The SMILES string of the molecule is COc1cc(N2CC(O)C2)nc2c1c(=O)c(C(=O)O)cn2-c1nccs1. The molecule has 3 aromatic heterocycles. The van der Waals surface area contributed by atoms with Gasteiger partial charge in [-0.2, -0.15) is 0 Å². The van der Waals surface area contributed by atoms with Crippen LogP contribution in [-0.2, 0) is 0 Å². The van der Waals surface area contributed by atoms with Gasteiger partial charge in [0.05, 0.1) is 13.2 Å². The van der Waals surface area contributed by atoms with Crippen LogP contribution in [0.5, 0.6) is 5.75 Å². The van der Waals surface area contributed by atoms with Crippen LogP contribution in [0, 0.1) is 0 Å². The first-order valence-corrected chi connectivity index (χ1v) is 8.58. The monoisotopic (exact) mass is 374 g/mol. The summed E-state index contributed by atoms with van der Waals surface area (Å²) < 4.78 is 6.83. The topological polar surface area (TPSA) is 118 Å². The first kappa shape index (κ1) is 16.5. The van der Waals surface area contributed by atoms with Crippen LogP contribution in [0.3, 0.4) is 0 Å².